The molecular weight excluding hydrogens is 332 g/mol. The van der Waals surface area contributed by atoms with Crippen LogP contribution in [-0.4, -0.2) is 34.8 Å². The maximum Gasteiger partial charge on any atom is 0.335 e. The molecule has 6 heteroatoms. The molecule has 0 atom stereocenters. The molecule has 0 bridgehead atoms. The lowest BCUT2D eigenvalue weighted by molar-refractivity contribution is -0.117. The molecule has 0 spiro atoms. The number of carboxylic acids is 1. The Bertz CT molecular complexity index is 824. The van der Waals surface area contributed by atoms with Gasteiger partial charge in [-0.05, 0) is 54.8 Å². The molecule has 1 aliphatic rings. The molecule has 0 unspecified atom stereocenters. The zero-order valence-electron chi connectivity index (χ0n) is 14.4. The van der Waals surface area contributed by atoms with E-state index in [-0.39, 0.29) is 23.3 Å². The van der Waals surface area contributed by atoms with Gasteiger partial charge in [-0.15, -0.1) is 0 Å². The molecule has 2 N–H and O–H groups in total. The summed E-state index contributed by atoms with van der Waals surface area (Å²) in [6.45, 7) is 0.374. The summed E-state index contributed by atoms with van der Waals surface area (Å²) in [5, 5.41) is 11.8. The molecule has 0 heterocycles. The number of carbonyl (C=O) groups is 3. The molecule has 1 saturated carbocycles. The van der Waals surface area contributed by atoms with E-state index in [1.807, 2.05) is 0 Å². The third-order valence-electron chi connectivity index (χ3n) is 4.31. The van der Waals surface area contributed by atoms with Crippen molar-refractivity contribution in [2.45, 2.75) is 19.4 Å². The van der Waals surface area contributed by atoms with Gasteiger partial charge in [-0.3, -0.25) is 9.59 Å². The monoisotopic (exact) mass is 352 g/mol. The number of nitrogens with one attached hydrogen (secondary N) is 1. The number of carbonyl (C=O) groups excluding carboxylic acids is 2. The van der Waals surface area contributed by atoms with Crippen LogP contribution in [-0.2, 0) is 11.3 Å². The summed E-state index contributed by atoms with van der Waals surface area (Å²) in [6, 6.07) is 13.3. The van der Waals surface area contributed by atoms with Gasteiger partial charge >= 0.3 is 5.97 Å². The van der Waals surface area contributed by atoms with E-state index in [1.165, 1.54) is 12.1 Å². The summed E-state index contributed by atoms with van der Waals surface area (Å²) in [5.41, 5.74) is 2.27. The normalized spacial score (nSPS) is 13.1. The second kappa shape index (κ2) is 7.39. The molecule has 1 fully saturated rings. The van der Waals surface area contributed by atoms with Gasteiger partial charge in [0.15, 0.2) is 0 Å². The van der Waals surface area contributed by atoms with E-state index in [0.717, 1.165) is 18.4 Å². The molecule has 0 radical (unpaired) electrons. The van der Waals surface area contributed by atoms with Crippen molar-refractivity contribution in [2.75, 3.05) is 12.4 Å². The van der Waals surface area contributed by atoms with Crippen LogP contribution >= 0.6 is 0 Å². The molecular formula is C20H20N2O4. The highest BCUT2D eigenvalue weighted by atomic mass is 16.4. The minimum atomic E-state index is -0.977. The first-order valence-electron chi connectivity index (χ1n) is 8.42. The molecule has 2 aromatic carbocycles. The third-order valence-corrected chi connectivity index (χ3v) is 4.31. The largest absolute Gasteiger partial charge is 0.478 e. The van der Waals surface area contributed by atoms with Gasteiger partial charge in [-0.2, -0.15) is 0 Å². The number of anilines is 1. The van der Waals surface area contributed by atoms with Gasteiger partial charge in [0, 0.05) is 30.8 Å². The standard InChI is InChI=1S/C20H20N2O4/c1-22(12-13-2-4-16(5-3-13)20(25)26)19(24)15-8-10-17(11-9-15)21-18(23)14-6-7-14/h2-5,8-11,14H,6-7,12H2,1H3,(H,21,23)(H,25,26). The van der Waals surface area contributed by atoms with Crippen molar-refractivity contribution in [1.29, 1.82) is 0 Å². The summed E-state index contributed by atoms with van der Waals surface area (Å²) in [7, 11) is 1.69. The van der Waals surface area contributed by atoms with Crippen molar-refractivity contribution in [2.24, 2.45) is 5.92 Å². The number of hydrogen-bond donors (Lipinski definition) is 2. The lowest BCUT2D eigenvalue weighted by Gasteiger charge is -2.17. The molecule has 26 heavy (non-hydrogen) atoms. The van der Waals surface area contributed by atoms with Gasteiger partial charge < -0.3 is 15.3 Å². The summed E-state index contributed by atoms with van der Waals surface area (Å²) < 4.78 is 0. The number of aromatic carboxylic acids is 1. The van der Waals surface area contributed by atoms with Crippen LogP contribution in [0.25, 0.3) is 0 Å². The van der Waals surface area contributed by atoms with Gasteiger partial charge in [0.05, 0.1) is 5.56 Å². The number of nitrogens with zero attached hydrogens (tertiary/aromatic N) is 1. The predicted molar refractivity (Wildman–Crippen MR) is 97.0 cm³/mol. The maximum absolute atomic E-state index is 12.5. The average Bonchev–Trinajstić information content (AvgIpc) is 3.47. The molecule has 2 amide bonds. The first-order chi connectivity index (χ1) is 12.4. The lowest BCUT2D eigenvalue weighted by atomic mass is 10.1. The molecule has 3 rings (SSSR count). The van der Waals surface area contributed by atoms with Crippen LogP contribution in [0.4, 0.5) is 5.69 Å². The summed E-state index contributed by atoms with van der Waals surface area (Å²) >= 11 is 0. The highest BCUT2D eigenvalue weighted by Gasteiger charge is 2.29. The van der Waals surface area contributed by atoms with E-state index >= 15 is 0 Å². The van der Waals surface area contributed by atoms with E-state index in [9.17, 15) is 14.4 Å². The van der Waals surface area contributed by atoms with Crippen LogP contribution in [0, 0.1) is 5.92 Å². The van der Waals surface area contributed by atoms with Crippen molar-refractivity contribution in [3.63, 3.8) is 0 Å². The Morgan fingerprint density at radius 2 is 1.58 bits per heavy atom. The summed E-state index contributed by atoms with van der Waals surface area (Å²) in [6.07, 6.45) is 1.89. The second-order valence-corrected chi connectivity index (χ2v) is 6.50. The van der Waals surface area contributed by atoms with Crippen LogP contribution in [0.2, 0.25) is 0 Å². The van der Waals surface area contributed by atoms with Crippen LogP contribution in [0.15, 0.2) is 48.5 Å². The average molecular weight is 352 g/mol. The first kappa shape index (κ1) is 17.7. The quantitative estimate of drug-likeness (QED) is 0.837. The van der Waals surface area contributed by atoms with Crippen LogP contribution in [0.3, 0.4) is 0 Å². The van der Waals surface area contributed by atoms with Crippen molar-refractivity contribution in [1.82, 2.24) is 4.90 Å². The Morgan fingerprint density at radius 3 is 2.12 bits per heavy atom. The number of benzene rings is 2. The number of hydrogen-bond acceptors (Lipinski definition) is 3. The minimum absolute atomic E-state index is 0.0333. The highest BCUT2D eigenvalue weighted by Crippen LogP contribution is 2.30. The Labute approximate surface area is 151 Å². The molecule has 2 aromatic rings. The Morgan fingerprint density at radius 1 is 1.00 bits per heavy atom. The lowest BCUT2D eigenvalue weighted by Crippen LogP contribution is -2.26. The smallest absolute Gasteiger partial charge is 0.335 e. The van der Waals surface area contributed by atoms with Crippen molar-refractivity contribution in [3.05, 3.63) is 65.2 Å². The minimum Gasteiger partial charge on any atom is -0.478 e. The van der Waals surface area contributed by atoms with E-state index in [0.29, 0.717) is 17.8 Å². The van der Waals surface area contributed by atoms with Crippen LogP contribution in [0.1, 0.15) is 39.1 Å². The Balaban J connectivity index is 1.60. The van der Waals surface area contributed by atoms with E-state index < -0.39 is 5.97 Å². The fourth-order valence-corrected chi connectivity index (χ4v) is 2.60. The third kappa shape index (κ3) is 4.27. The van der Waals surface area contributed by atoms with E-state index in [2.05, 4.69) is 5.32 Å². The van der Waals surface area contributed by atoms with Gasteiger partial charge in [0.2, 0.25) is 5.91 Å². The van der Waals surface area contributed by atoms with Crippen molar-refractivity contribution < 1.29 is 19.5 Å². The molecule has 0 saturated heterocycles. The summed E-state index contributed by atoms with van der Waals surface area (Å²) in [4.78, 5) is 36.7. The second-order valence-electron chi connectivity index (χ2n) is 6.50. The zero-order valence-corrected chi connectivity index (χ0v) is 14.4. The number of carboxylic acid groups (broad SMARTS) is 1. The van der Waals surface area contributed by atoms with Gasteiger partial charge in [-0.25, -0.2) is 4.79 Å². The molecule has 6 nitrogen and oxygen atoms in total. The van der Waals surface area contributed by atoms with E-state index in [1.54, 1.807) is 48.3 Å². The van der Waals surface area contributed by atoms with Crippen LogP contribution in [0.5, 0.6) is 0 Å². The first-order valence-corrected chi connectivity index (χ1v) is 8.42. The maximum atomic E-state index is 12.5. The van der Waals surface area contributed by atoms with Crippen molar-refractivity contribution >= 4 is 23.5 Å². The SMILES string of the molecule is CN(Cc1ccc(C(=O)O)cc1)C(=O)c1ccc(NC(=O)C2CC2)cc1. The fraction of sp³-hybridized carbons (Fsp3) is 0.250. The molecule has 134 valence electrons. The highest BCUT2D eigenvalue weighted by molar-refractivity contribution is 5.96. The number of amides is 2. The molecule has 0 aromatic heterocycles. The Kier molecular flexibility index (Phi) is 5.02. The van der Waals surface area contributed by atoms with Gasteiger partial charge in [0.1, 0.15) is 0 Å². The summed E-state index contributed by atoms with van der Waals surface area (Å²) in [5.74, 6) is -0.955. The fourth-order valence-electron chi connectivity index (χ4n) is 2.60. The van der Waals surface area contributed by atoms with E-state index in [4.69, 9.17) is 5.11 Å². The number of rotatable bonds is 6. The van der Waals surface area contributed by atoms with Crippen molar-refractivity contribution in [3.8, 4) is 0 Å². The zero-order chi connectivity index (χ0) is 18.7. The molecule has 0 aliphatic heterocycles. The molecule has 1 aliphatic carbocycles. The van der Waals surface area contributed by atoms with Crippen LogP contribution < -0.4 is 5.32 Å². The van der Waals surface area contributed by atoms with Gasteiger partial charge in [-0.1, -0.05) is 12.1 Å². The topological polar surface area (TPSA) is 86.7 Å². The predicted octanol–water partition coefficient (Wildman–Crippen LogP) is 3.01. The van der Waals surface area contributed by atoms with Gasteiger partial charge in [0.25, 0.3) is 5.91 Å². The Hall–Kier alpha value is -3.15.